The van der Waals surface area contributed by atoms with E-state index >= 15 is 0 Å². The average Bonchev–Trinajstić information content (AvgIpc) is 2.31. The predicted octanol–water partition coefficient (Wildman–Crippen LogP) is 2.71. The minimum Gasteiger partial charge on any atom is -0.480 e. The summed E-state index contributed by atoms with van der Waals surface area (Å²) in [6.07, 6.45) is 1.46. The second-order valence-corrected chi connectivity index (χ2v) is 4.31. The molecule has 0 aliphatic rings. The van der Waals surface area contributed by atoms with Crippen LogP contribution in [0.25, 0.3) is 0 Å². The molecule has 1 rings (SSSR count). The van der Waals surface area contributed by atoms with E-state index in [1.165, 1.54) is 24.3 Å². The third-order valence-corrected chi connectivity index (χ3v) is 2.87. The van der Waals surface area contributed by atoms with Crippen molar-refractivity contribution >= 4 is 35.1 Å². The minimum atomic E-state index is -1.09. The number of amides is 1. The van der Waals surface area contributed by atoms with E-state index in [4.69, 9.17) is 28.3 Å². The van der Waals surface area contributed by atoms with Gasteiger partial charge in [-0.15, -0.1) is 6.58 Å². The van der Waals surface area contributed by atoms with Gasteiger partial charge in [0, 0.05) is 12.1 Å². The largest absolute Gasteiger partial charge is 0.480 e. The van der Waals surface area contributed by atoms with Crippen LogP contribution in [0.4, 0.5) is 0 Å². The van der Waals surface area contributed by atoms with Crippen molar-refractivity contribution < 1.29 is 14.7 Å². The maximum atomic E-state index is 12.0. The van der Waals surface area contributed by atoms with Gasteiger partial charge in [0.1, 0.15) is 6.54 Å². The summed E-state index contributed by atoms with van der Waals surface area (Å²) in [4.78, 5) is 23.9. The number of rotatable bonds is 5. The minimum absolute atomic E-state index is 0.144. The van der Waals surface area contributed by atoms with Crippen molar-refractivity contribution in [2.45, 2.75) is 0 Å². The number of aliphatic carboxylic acids is 1. The first-order valence-corrected chi connectivity index (χ1v) is 5.78. The van der Waals surface area contributed by atoms with E-state index in [1.54, 1.807) is 0 Å². The molecule has 0 heterocycles. The van der Waals surface area contributed by atoms with Gasteiger partial charge in [0.05, 0.1) is 10.0 Å². The molecule has 1 N–H and O–H groups in total. The van der Waals surface area contributed by atoms with Gasteiger partial charge >= 0.3 is 5.97 Å². The van der Waals surface area contributed by atoms with E-state index in [0.717, 1.165) is 4.90 Å². The van der Waals surface area contributed by atoms with Crippen LogP contribution in [0.1, 0.15) is 10.4 Å². The zero-order valence-electron chi connectivity index (χ0n) is 9.40. The van der Waals surface area contributed by atoms with E-state index in [9.17, 15) is 9.59 Å². The lowest BCUT2D eigenvalue weighted by Gasteiger charge is -2.19. The van der Waals surface area contributed by atoms with Crippen molar-refractivity contribution in [2.75, 3.05) is 13.1 Å². The molecule has 4 nitrogen and oxygen atoms in total. The number of carboxylic acids is 1. The summed E-state index contributed by atoms with van der Waals surface area (Å²) in [6.45, 7) is 3.23. The summed E-state index contributed by atoms with van der Waals surface area (Å²) in [5.41, 5.74) is 0.285. The van der Waals surface area contributed by atoms with E-state index in [0.29, 0.717) is 5.02 Å². The lowest BCUT2D eigenvalue weighted by atomic mass is 10.2. The number of carbonyl (C=O) groups is 2. The Bertz CT molecular complexity index is 488. The zero-order valence-corrected chi connectivity index (χ0v) is 10.9. The summed E-state index contributed by atoms with van der Waals surface area (Å²) in [5, 5.41) is 9.31. The Morgan fingerprint density at radius 2 is 2.00 bits per heavy atom. The summed E-state index contributed by atoms with van der Waals surface area (Å²) < 4.78 is 0. The first-order valence-electron chi connectivity index (χ1n) is 5.02. The van der Waals surface area contributed by atoms with Gasteiger partial charge < -0.3 is 10.0 Å². The number of benzene rings is 1. The van der Waals surface area contributed by atoms with Crippen molar-refractivity contribution in [3.63, 3.8) is 0 Å². The fourth-order valence-corrected chi connectivity index (χ4v) is 1.65. The molecule has 0 unspecified atom stereocenters. The van der Waals surface area contributed by atoms with Crippen LogP contribution in [-0.4, -0.2) is 35.0 Å². The van der Waals surface area contributed by atoms with Crippen LogP contribution < -0.4 is 0 Å². The van der Waals surface area contributed by atoms with Gasteiger partial charge in [0.2, 0.25) is 0 Å². The van der Waals surface area contributed by atoms with Gasteiger partial charge in [-0.05, 0) is 18.2 Å². The molecule has 0 aromatic heterocycles. The van der Waals surface area contributed by atoms with E-state index in [2.05, 4.69) is 6.58 Å². The van der Waals surface area contributed by atoms with Crippen LogP contribution in [0, 0.1) is 0 Å². The highest BCUT2D eigenvalue weighted by molar-refractivity contribution is 6.42. The molecular weight excluding hydrogens is 277 g/mol. The highest BCUT2D eigenvalue weighted by Gasteiger charge is 2.18. The number of carbonyl (C=O) groups excluding carboxylic acids is 1. The van der Waals surface area contributed by atoms with Gasteiger partial charge in [-0.3, -0.25) is 9.59 Å². The lowest BCUT2D eigenvalue weighted by Crippen LogP contribution is -2.35. The van der Waals surface area contributed by atoms with Gasteiger partial charge in [-0.1, -0.05) is 29.3 Å². The first kappa shape index (κ1) is 14.5. The SMILES string of the molecule is C=CCN(CC(=O)O)C(=O)c1ccc(Cl)c(Cl)c1. The molecular formula is C12H11Cl2NO3. The van der Waals surface area contributed by atoms with E-state index in [1.807, 2.05) is 0 Å². The molecule has 1 aromatic carbocycles. The van der Waals surface area contributed by atoms with Crippen LogP contribution in [-0.2, 0) is 4.79 Å². The monoisotopic (exact) mass is 287 g/mol. The normalized spacial score (nSPS) is 9.89. The molecule has 1 amide bonds. The van der Waals surface area contributed by atoms with Crippen molar-refractivity contribution in [1.82, 2.24) is 4.90 Å². The second kappa shape index (κ2) is 6.42. The number of halogens is 2. The quantitative estimate of drug-likeness (QED) is 0.847. The van der Waals surface area contributed by atoms with Crippen LogP contribution in [0.3, 0.4) is 0 Å². The predicted molar refractivity (Wildman–Crippen MR) is 70.2 cm³/mol. The Morgan fingerprint density at radius 3 is 2.50 bits per heavy atom. The highest BCUT2D eigenvalue weighted by atomic mass is 35.5. The molecule has 96 valence electrons. The molecule has 0 saturated heterocycles. The first-order chi connectivity index (χ1) is 8.45. The standard InChI is InChI=1S/C12H11Cl2NO3/c1-2-5-15(7-11(16)17)12(18)8-3-4-9(13)10(14)6-8/h2-4,6H,1,5,7H2,(H,16,17). The molecule has 0 atom stereocenters. The van der Waals surface area contributed by atoms with Crippen LogP contribution in [0.2, 0.25) is 10.0 Å². The Kier molecular flexibility index (Phi) is 5.19. The van der Waals surface area contributed by atoms with Crippen LogP contribution in [0.15, 0.2) is 30.9 Å². The van der Waals surface area contributed by atoms with Crippen LogP contribution in [0.5, 0.6) is 0 Å². The Morgan fingerprint density at radius 1 is 1.33 bits per heavy atom. The Labute approximate surface area is 114 Å². The molecule has 0 bridgehead atoms. The molecule has 0 fully saturated rings. The molecule has 0 radical (unpaired) electrons. The average molecular weight is 288 g/mol. The molecule has 0 aliphatic heterocycles. The lowest BCUT2D eigenvalue weighted by molar-refractivity contribution is -0.137. The molecule has 0 saturated carbocycles. The highest BCUT2D eigenvalue weighted by Crippen LogP contribution is 2.23. The van der Waals surface area contributed by atoms with Gasteiger partial charge in [-0.2, -0.15) is 0 Å². The number of carboxylic acid groups (broad SMARTS) is 1. The molecule has 0 spiro atoms. The van der Waals surface area contributed by atoms with Crippen molar-refractivity contribution in [3.05, 3.63) is 46.5 Å². The smallest absolute Gasteiger partial charge is 0.323 e. The number of hydrogen-bond donors (Lipinski definition) is 1. The summed E-state index contributed by atoms with van der Waals surface area (Å²) in [7, 11) is 0. The van der Waals surface area contributed by atoms with Gasteiger partial charge in [0.15, 0.2) is 0 Å². The second-order valence-electron chi connectivity index (χ2n) is 3.50. The van der Waals surface area contributed by atoms with Crippen molar-refractivity contribution in [3.8, 4) is 0 Å². The maximum absolute atomic E-state index is 12.0. The molecule has 18 heavy (non-hydrogen) atoms. The molecule has 6 heteroatoms. The Balaban J connectivity index is 2.97. The fourth-order valence-electron chi connectivity index (χ4n) is 1.35. The van der Waals surface area contributed by atoms with Crippen LogP contribution >= 0.6 is 23.2 Å². The summed E-state index contributed by atoms with van der Waals surface area (Å²) >= 11 is 11.5. The van der Waals surface area contributed by atoms with Crippen molar-refractivity contribution in [1.29, 1.82) is 0 Å². The van der Waals surface area contributed by atoms with E-state index in [-0.39, 0.29) is 17.1 Å². The zero-order chi connectivity index (χ0) is 13.7. The van der Waals surface area contributed by atoms with Gasteiger partial charge in [0.25, 0.3) is 5.91 Å². The fraction of sp³-hybridized carbons (Fsp3) is 0.167. The maximum Gasteiger partial charge on any atom is 0.323 e. The molecule has 0 aliphatic carbocycles. The summed E-state index contributed by atoms with van der Waals surface area (Å²) in [6, 6.07) is 4.39. The number of nitrogens with zero attached hydrogens (tertiary/aromatic N) is 1. The Hall–Kier alpha value is -1.52. The summed E-state index contributed by atoms with van der Waals surface area (Å²) in [5.74, 6) is -1.53. The van der Waals surface area contributed by atoms with E-state index < -0.39 is 18.4 Å². The third kappa shape index (κ3) is 3.75. The van der Waals surface area contributed by atoms with Gasteiger partial charge in [-0.25, -0.2) is 0 Å². The topological polar surface area (TPSA) is 57.6 Å². The third-order valence-electron chi connectivity index (χ3n) is 2.13. The van der Waals surface area contributed by atoms with Crippen molar-refractivity contribution in [2.24, 2.45) is 0 Å². The molecule has 1 aromatic rings. The number of hydrogen-bond acceptors (Lipinski definition) is 2.